The number of carbonyl (C=O) groups is 1. The molecule has 8 heteroatoms. The van der Waals surface area contributed by atoms with Crippen LogP contribution in [-0.2, 0) is 7.05 Å². The van der Waals surface area contributed by atoms with Crippen molar-refractivity contribution in [2.24, 2.45) is 7.05 Å². The molecule has 124 valence electrons. The third-order valence-electron chi connectivity index (χ3n) is 4.32. The first-order chi connectivity index (χ1) is 11.6. The summed E-state index contributed by atoms with van der Waals surface area (Å²) >= 11 is 0. The molecule has 0 saturated carbocycles. The van der Waals surface area contributed by atoms with Crippen molar-refractivity contribution in [1.29, 1.82) is 0 Å². The van der Waals surface area contributed by atoms with Crippen molar-refractivity contribution in [3.8, 4) is 11.5 Å². The number of anilines is 2. The number of fused-ring (bicyclic) bond motifs is 2. The zero-order valence-corrected chi connectivity index (χ0v) is 13.1. The standard InChI is InChI=1S/C16H16N4O4/c1-19-16(23)13-11(14(21)18-19)17-10-6-4-5-9(12(10)24-13)15(22)20-7-2-3-8-20/h4-6,17H,2-3,7-8H2,1H3,(H,18,21). The van der Waals surface area contributed by atoms with Gasteiger partial charge in [0, 0.05) is 20.1 Å². The summed E-state index contributed by atoms with van der Waals surface area (Å²) in [5, 5.41) is 5.32. The number of rotatable bonds is 1. The Hall–Kier alpha value is -3.03. The van der Waals surface area contributed by atoms with Crippen LogP contribution in [0.25, 0.3) is 0 Å². The van der Waals surface area contributed by atoms with Crippen molar-refractivity contribution >= 4 is 17.3 Å². The molecule has 2 N–H and O–H groups in total. The molecule has 2 aromatic rings. The lowest BCUT2D eigenvalue weighted by Crippen LogP contribution is -2.32. The van der Waals surface area contributed by atoms with Crippen LogP contribution in [0.3, 0.4) is 0 Å². The van der Waals surface area contributed by atoms with Crippen LogP contribution >= 0.6 is 0 Å². The lowest BCUT2D eigenvalue weighted by molar-refractivity contribution is 0.0790. The molecule has 4 rings (SSSR count). The van der Waals surface area contributed by atoms with E-state index in [4.69, 9.17) is 4.74 Å². The number of carbonyl (C=O) groups excluding carboxylic acids is 1. The maximum atomic E-state index is 12.7. The van der Waals surface area contributed by atoms with Gasteiger partial charge in [-0.15, -0.1) is 0 Å². The van der Waals surface area contributed by atoms with Gasteiger partial charge in [-0.2, -0.15) is 0 Å². The summed E-state index contributed by atoms with van der Waals surface area (Å²) < 4.78 is 6.77. The molecule has 0 radical (unpaired) electrons. The van der Waals surface area contributed by atoms with Gasteiger partial charge in [0.15, 0.2) is 11.4 Å². The predicted octanol–water partition coefficient (Wildman–Crippen LogP) is 1.16. The van der Waals surface area contributed by atoms with Crippen molar-refractivity contribution in [1.82, 2.24) is 14.7 Å². The van der Waals surface area contributed by atoms with Gasteiger partial charge in [-0.25, -0.2) is 0 Å². The fourth-order valence-corrected chi connectivity index (χ4v) is 3.07. The first-order valence-electron chi connectivity index (χ1n) is 7.77. The molecule has 0 spiro atoms. The molecule has 2 aliphatic heterocycles. The summed E-state index contributed by atoms with van der Waals surface area (Å²) in [6.45, 7) is 1.43. The minimum absolute atomic E-state index is 0.0522. The first-order valence-corrected chi connectivity index (χ1v) is 7.77. The Morgan fingerprint density at radius 3 is 2.67 bits per heavy atom. The lowest BCUT2D eigenvalue weighted by atomic mass is 10.1. The highest BCUT2D eigenvalue weighted by atomic mass is 16.5. The molecule has 0 unspecified atom stereocenters. The van der Waals surface area contributed by atoms with Crippen LogP contribution in [0.5, 0.6) is 11.5 Å². The Balaban J connectivity index is 1.82. The summed E-state index contributed by atoms with van der Waals surface area (Å²) in [7, 11) is 1.43. The van der Waals surface area contributed by atoms with Gasteiger partial charge in [-0.05, 0) is 25.0 Å². The number of nitrogens with one attached hydrogen (secondary N) is 2. The zero-order chi connectivity index (χ0) is 16.8. The number of aryl methyl sites for hydroxylation is 1. The number of H-pyrrole nitrogens is 1. The van der Waals surface area contributed by atoms with Crippen LogP contribution in [0, 0.1) is 0 Å². The molecule has 0 bridgehead atoms. The summed E-state index contributed by atoms with van der Waals surface area (Å²) in [6.07, 6.45) is 1.97. The van der Waals surface area contributed by atoms with Crippen molar-refractivity contribution in [3.63, 3.8) is 0 Å². The van der Waals surface area contributed by atoms with Crippen molar-refractivity contribution < 1.29 is 9.53 Å². The molecule has 1 fully saturated rings. The Bertz CT molecular complexity index is 954. The molecule has 0 atom stereocenters. The second-order valence-electron chi connectivity index (χ2n) is 5.92. The fourth-order valence-electron chi connectivity index (χ4n) is 3.07. The monoisotopic (exact) mass is 328 g/mol. The maximum Gasteiger partial charge on any atom is 0.310 e. The van der Waals surface area contributed by atoms with E-state index < -0.39 is 11.1 Å². The molecule has 1 amide bonds. The van der Waals surface area contributed by atoms with Crippen LogP contribution in [0.4, 0.5) is 11.4 Å². The largest absolute Gasteiger partial charge is 0.446 e. The second kappa shape index (κ2) is 5.26. The molecule has 8 nitrogen and oxygen atoms in total. The van der Waals surface area contributed by atoms with E-state index in [9.17, 15) is 14.4 Å². The number of hydrogen-bond acceptors (Lipinski definition) is 5. The molecule has 1 saturated heterocycles. The van der Waals surface area contributed by atoms with E-state index in [1.54, 1.807) is 23.1 Å². The fraction of sp³-hybridized carbons (Fsp3) is 0.312. The van der Waals surface area contributed by atoms with Crippen LogP contribution in [-0.4, -0.2) is 33.7 Å². The first kappa shape index (κ1) is 14.6. The van der Waals surface area contributed by atoms with Crippen LogP contribution in [0.2, 0.25) is 0 Å². The van der Waals surface area contributed by atoms with Crippen molar-refractivity contribution in [2.75, 3.05) is 18.4 Å². The second-order valence-corrected chi connectivity index (χ2v) is 5.92. The smallest absolute Gasteiger partial charge is 0.310 e. The molecule has 3 heterocycles. The topological polar surface area (TPSA) is 96.4 Å². The number of para-hydroxylation sites is 1. The Kier molecular flexibility index (Phi) is 3.19. The quantitative estimate of drug-likeness (QED) is 0.699. The van der Waals surface area contributed by atoms with Crippen LogP contribution in [0.15, 0.2) is 27.8 Å². The molecule has 2 aliphatic rings. The van der Waals surface area contributed by atoms with Gasteiger partial charge in [0.25, 0.3) is 11.5 Å². The van der Waals surface area contributed by atoms with Gasteiger partial charge < -0.3 is 15.0 Å². The van der Waals surface area contributed by atoms with Crippen molar-refractivity contribution in [3.05, 3.63) is 44.5 Å². The highest BCUT2D eigenvalue weighted by Crippen LogP contribution is 2.40. The number of aromatic amines is 1. The number of amides is 1. The summed E-state index contributed by atoms with van der Waals surface area (Å²) in [5.41, 5.74) is -0.0160. The van der Waals surface area contributed by atoms with Crippen molar-refractivity contribution in [2.45, 2.75) is 12.8 Å². The van der Waals surface area contributed by atoms with E-state index in [0.717, 1.165) is 17.5 Å². The van der Waals surface area contributed by atoms with E-state index in [-0.39, 0.29) is 23.1 Å². The molecular weight excluding hydrogens is 312 g/mol. The summed E-state index contributed by atoms with van der Waals surface area (Å²) in [6, 6.07) is 5.10. The molecule has 1 aromatic heterocycles. The highest BCUT2D eigenvalue weighted by Gasteiger charge is 2.29. The molecular formula is C16H16N4O4. The van der Waals surface area contributed by atoms with Gasteiger partial charge in [0.1, 0.15) is 0 Å². The summed E-state index contributed by atoms with van der Waals surface area (Å²) in [4.78, 5) is 38.8. The minimum Gasteiger partial charge on any atom is -0.446 e. The number of hydrogen-bond donors (Lipinski definition) is 2. The Morgan fingerprint density at radius 1 is 1.17 bits per heavy atom. The number of aromatic nitrogens is 2. The molecule has 24 heavy (non-hydrogen) atoms. The Labute approximate surface area is 136 Å². The van der Waals surface area contributed by atoms with Gasteiger partial charge in [-0.3, -0.25) is 24.2 Å². The average Bonchev–Trinajstić information content (AvgIpc) is 3.12. The van der Waals surface area contributed by atoms with Gasteiger partial charge in [-0.1, -0.05) is 6.07 Å². The van der Waals surface area contributed by atoms with Gasteiger partial charge >= 0.3 is 5.56 Å². The Morgan fingerprint density at radius 2 is 1.92 bits per heavy atom. The molecule has 0 aliphatic carbocycles. The number of ether oxygens (including phenoxy) is 1. The lowest BCUT2D eigenvalue weighted by Gasteiger charge is -2.24. The average molecular weight is 328 g/mol. The van der Waals surface area contributed by atoms with E-state index >= 15 is 0 Å². The van der Waals surface area contributed by atoms with E-state index in [2.05, 4.69) is 10.4 Å². The minimum atomic E-state index is -0.480. The van der Waals surface area contributed by atoms with E-state index in [0.29, 0.717) is 24.3 Å². The molecule has 1 aromatic carbocycles. The van der Waals surface area contributed by atoms with Gasteiger partial charge in [0.05, 0.1) is 11.3 Å². The number of likely N-dealkylation sites (tertiary alicyclic amines) is 1. The maximum absolute atomic E-state index is 12.7. The predicted molar refractivity (Wildman–Crippen MR) is 87.2 cm³/mol. The third kappa shape index (κ3) is 2.10. The normalized spacial score (nSPS) is 15.3. The van der Waals surface area contributed by atoms with Crippen LogP contribution < -0.4 is 21.2 Å². The van der Waals surface area contributed by atoms with E-state index in [1.807, 2.05) is 0 Å². The van der Waals surface area contributed by atoms with Gasteiger partial charge in [0.2, 0.25) is 5.75 Å². The van der Waals surface area contributed by atoms with Crippen LogP contribution in [0.1, 0.15) is 23.2 Å². The summed E-state index contributed by atoms with van der Waals surface area (Å²) in [5.74, 6) is 0.0521. The number of nitrogens with zero attached hydrogens (tertiary/aromatic N) is 2. The number of benzene rings is 1. The third-order valence-corrected chi connectivity index (χ3v) is 4.32. The zero-order valence-electron chi connectivity index (χ0n) is 13.1. The highest BCUT2D eigenvalue weighted by molar-refractivity contribution is 6.00. The van der Waals surface area contributed by atoms with E-state index in [1.165, 1.54) is 7.05 Å². The SMILES string of the molecule is Cn1[nH]c(=O)c2c(c1=O)Oc1c(cccc1C(=O)N1CCCC1)N2.